The minimum absolute atomic E-state index is 0.227. The van der Waals surface area contributed by atoms with Crippen LogP contribution in [0.2, 0.25) is 0 Å². The summed E-state index contributed by atoms with van der Waals surface area (Å²) in [5, 5.41) is 10.7. The average Bonchev–Trinajstić information content (AvgIpc) is 2.88. The van der Waals surface area contributed by atoms with Crippen LogP contribution in [0.4, 0.5) is 0 Å². The van der Waals surface area contributed by atoms with E-state index in [1.54, 1.807) is 0 Å². The molecule has 1 N–H and O–H groups in total. The third-order valence-electron chi connectivity index (χ3n) is 4.35. The Morgan fingerprint density at radius 3 is 2.60 bits per heavy atom. The van der Waals surface area contributed by atoms with Gasteiger partial charge in [-0.1, -0.05) is 37.3 Å². The Kier molecular flexibility index (Phi) is 5.58. The second-order valence-electron chi connectivity index (χ2n) is 6.13. The van der Waals surface area contributed by atoms with Crippen LogP contribution in [0.5, 0.6) is 0 Å². The normalized spacial score (nSPS) is 23.1. The molecule has 1 aliphatic rings. The Morgan fingerprint density at radius 1 is 1.30 bits per heavy atom. The zero-order valence-electron chi connectivity index (χ0n) is 13.0. The van der Waals surface area contributed by atoms with Crippen LogP contribution in [0.3, 0.4) is 0 Å². The standard InChI is InChI=1S/C17H28N2O/c1-4-16(17(20)14-9-6-5-7-10-14)19-12-8-11-15(19)13-18(2)3/h5-7,9-10,15-17,20H,4,8,11-13H2,1-3H3. The van der Waals surface area contributed by atoms with E-state index in [-0.39, 0.29) is 12.1 Å². The Labute approximate surface area is 123 Å². The minimum atomic E-state index is -0.385. The van der Waals surface area contributed by atoms with E-state index in [1.165, 1.54) is 12.8 Å². The van der Waals surface area contributed by atoms with Crippen molar-refractivity contribution in [2.75, 3.05) is 27.2 Å². The van der Waals surface area contributed by atoms with Gasteiger partial charge in [0.15, 0.2) is 0 Å². The van der Waals surface area contributed by atoms with E-state index in [2.05, 4.69) is 30.8 Å². The van der Waals surface area contributed by atoms with E-state index in [0.29, 0.717) is 6.04 Å². The summed E-state index contributed by atoms with van der Waals surface area (Å²) in [6.45, 7) is 4.38. The number of aliphatic hydroxyl groups excluding tert-OH is 1. The monoisotopic (exact) mass is 276 g/mol. The van der Waals surface area contributed by atoms with Crippen molar-refractivity contribution in [2.45, 2.75) is 44.4 Å². The minimum Gasteiger partial charge on any atom is -0.387 e. The van der Waals surface area contributed by atoms with Gasteiger partial charge in [-0.15, -0.1) is 0 Å². The average molecular weight is 276 g/mol. The van der Waals surface area contributed by atoms with Crippen molar-refractivity contribution in [1.82, 2.24) is 9.80 Å². The highest BCUT2D eigenvalue weighted by molar-refractivity contribution is 5.19. The third-order valence-corrected chi connectivity index (χ3v) is 4.35. The molecule has 1 fully saturated rings. The van der Waals surface area contributed by atoms with Crippen molar-refractivity contribution < 1.29 is 5.11 Å². The summed E-state index contributed by atoms with van der Waals surface area (Å²) in [7, 11) is 4.26. The molecular weight excluding hydrogens is 248 g/mol. The van der Waals surface area contributed by atoms with Gasteiger partial charge in [0, 0.05) is 18.6 Å². The molecule has 0 amide bonds. The molecule has 3 atom stereocenters. The summed E-state index contributed by atoms with van der Waals surface area (Å²) in [5.41, 5.74) is 1.04. The highest BCUT2D eigenvalue weighted by Crippen LogP contribution is 2.29. The van der Waals surface area contributed by atoms with E-state index in [4.69, 9.17) is 0 Å². The zero-order valence-corrected chi connectivity index (χ0v) is 13.0. The van der Waals surface area contributed by atoms with Crippen LogP contribution in [0.15, 0.2) is 30.3 Å². The van der Waals surface area contributed by atoms with Gasteiger partial charge in [0.2, 0.25) is 0 Å². The fourth-order valence-electron chi connectivity index (χ4n) is 3.42. The van der Waals surface area contributed by atoms with Crippen molar-refractivity contribution in [3.05, 3.63) is 35.9 Å². The van der Waals surface area contributed by atoms with Crippen molar-refractivity contribution in [3.63, 3.8) is 0 Å². The summed E-state index contributed by atoms with van der Waals surface area (Å²) in [4.78, 5) is 4.78. The lowest BCUT2D eigenvalue weighted by Crippen LogP contribution is -2.46. The lowest BCUT2D eigenvalue weighted by Gasteiger charge is -2.36. The highest BCUT2D eigenvalue weighted by Gasteiger charge is 2.34. The second-order valence-corrected chi connectivity index (χ2v) is 6.13. The van der Waals surface area contributed by atoms with Crippen LogP contribution in [0, 0.1) is 0 Å². The number of likely N-dealkylation sites (tertiary alicyclic amines) is 1. The van der Waals surface area contributed by atoms with E-state index in [9.17, 15) is 5.11 Å². The number of hydrogen-bond donors (Lipinski definition) is 1. The first-order chi connectivity index (χ1) is 9.63. The van der Waals surface area contributed by atoms with Gasteiger partial charge in [-0.3, -0.25) is 4.90 Å². The maximum atomic E-state index is 10.7. The van der Waals surface area contributed by atoms with Crippen molar-refractivity contribution in [3.8, 4) is 0 Å². The Bertz CT molecular complexity index is 393. The first kappa shape index (κ1) is 15.5. The lowest BCUT2D eigenvalue weighted by molar-refractivity contribution is 0.0327. The molecule has 20 heavy (non-hydrogen) atoms. The van der Waals surface area contributed by atoms with Gasteiger partial charge in [0.1, 0.15) is 0 Å². The maximum Gasteiger partial charge on any atom is 0.0945 e. The summed E-state index contributed by atoms with van der Waals surface area (Å²) in [6, 6.07) is 10.9. The molecule has 0 radical (unpaired) electrons. The summed E-state index contributed by atoms with van der Waals surface area (Å²) >= 11 is 0. The van der Waals surface area contributed by atoms with E-state index in [0.717, 1.165) is 25.1 Å². The second kappa shape index (κ2) is 7.21. The van der Waals surface area contributed by atoms with Crippen molar-refractivity contribution >= 4 is 0 Å². The Balaban J connectivity index is 2.10. The van der Waals surface area contributed by atoms with E-state index < -0.39 is 0 Å². The van der Waals surface area contributed by atoms with Crippen molar-refractivity contribution in [2.24, 2.45) is 0 Å². The van der Waals surface area contributed by atoms with Gasteiger partial charge in [-0.05, 0) is 45.5 Å². The van der Waals surface area contributed by atoms with Gasteiger partial charge in [0.25, 0.3) is 0 Å². The molecule has 112 valence electrons. The SMILES string of the molecule is CCC(C(O)c1ccccc1)N1CCCC1CN(C)C. The molecule has 0 aliphatic carbocycles. The van der Waals surface area contributed by atoms with Crippen LogP contribution in [0.25, 0.3) is 0 Å². The van der Waals surface area contributed by atoms with Gasteiger partial charge in [0.05, 0.1) is 6.10 Å². The summed E-state index contributed by atoms with van der Waals surface area (Å²) in [5.74, 6) is 0. The third kappa shape index (κ3) is 3.60. The number of likely N-dealkylation sites (N-methyl/N-ethyl adjacent to an activating group) is 1. The molecule has 0 spiro atoms. The molecule has 1 aliphatic heterocycles. The Morgan fingerprint density at radius 2 is 2.00 bits per heavy atom. The largest absolute Gasteiger partial charge is 0.387 e. The molecular formula is C17H28N2O. The maximum absolute atomic E-state index is 10.7. The molecule has 1 saturated heterocycles. The molecule has 0 aromatic heterocycles. The molecule has 0 bridgehead atoms. The van der Waals surface area contributed by atoms with Gasteiger partial charge in [-0.2, -0.15) is 0 Å². The smallest absolute Gasteiger partial charge is 0.0945 e. The predicted molar refractivity (Wildman–Crippen MR) is 83.8 cm³/mol. The first-order valence-electron chi connectivity index (χ1n) is 7.77. The number of rotatable bonds is 6. The Hall–Kier alpha value is -0.900. The van der Waals surface area contributed by atoms with Crippen LogP contribution in [-0.2, 0) is 0 Å². The lowest BCUT2D eigenvalue weighted by atomic mass is 9.98. The summed E-state index contributed by atoms with van der Waals surface area (Å²) in [6.07, 6.45) is 3.09. The fraction of sp³-hybridized carbons (Fsp3) is 0.647. The van der Waals surface area contributed by atoms with Gasteiger partial charge in [-0.25, -0.2) is 0 Å². The van der Waals surface area contributed by atoms with Gasteiger partial charge >= 0.3 is 0 Å². The number of benzene rings is 1. The molecule has 1 aromatic carbocycles. The molecule has 1 heterocycles. The molecule has 3 unspecified atom stereocenters. The van der Waals surface area contributed by atoms with Gasteiger partial charge < -0.3 is 10.0 Å². The topological polar surface area (TPSA) is 26.7 Å². The van der Waals surface area contributed by atoms with E-state index >= 15 is 0 Å². The predicted octanol–water partition coefficient (Wildman–Crippen LogP) is 2.52. The van der Waals surface area contributed by atoms with Crippen LogP contribution in [0.1, 0.15) is 37.9 Å². The van der Waals surface area contributed by atoms with E-state index in [1.807, 2.05) is 30.3 Å². The number of hydrogen-bond acceptors (Lipinski definition) is 3. The summed E-state index contributed by atoms with van der Waals surface area (Å²) < 4.78 is 0. The molecule has 3 nitrogen and oxygen atoms in total. The van der Waals surface area contributed by atoms with Crippen molar-refractivity contribution in [1.29, 1.82) is 0 Å². The molecule has 2 rings (SSSR count). The number of aliphatic hydroxyl groups is 1. The van der Waals surface area contributed by atoms with Crippen LogP contribution >= 0.6 is 0 Å². The quantitative estimate of drug-likeness (QED) is 0.865. The number of nitrogens with zero attached hydrogens (tertiary/aromatic N) is 2. The molecule has 3 heteroatoms. The molecule has 1 aromatic rings. The highest BCUT2D eigenvalue weighted by atomic mass is 16.3. The van der Waals surface area contributed by atoms with Crippen LogP contribution in [-0.4, -0.2) is 54.2 Å². The van der Waals surface area contributed by atoms with Crippen LogP contribution < -0.4 is 0 Å². The molecule has 0 saturated carbocycles. The first-order valence-corrected chi connectivity index (χ1v) is 7.77. The fourth-order valence-corrected chi connectivity index (χ4v) is 3.42. The zero-order chi connectivity index (χ0) is 14.5.